The molecule has 100 valence electrons. The van der Waals surface area contributed by atoms with Gasteiger partial charge in [0, 0.05) is 19.4 Å². The third-order valence-corrected chi connectivity index (χ3v) is 3.56. The molecule has 2 heterocycles. The summed E-state index contributed by atoms with van der Waals surface area (Å²) in [5, 5.41) is 6.70. The molecule has 2 aliphatic rings. The summed E-state index contributed by atoms with van der Waals surface area (Å²) in [5.41, 5.74) is 2.77. The van der Waals surface area contributed by atoms with Crippen LogP contribution in [0.15, 0.2) is 5.10 Å². The first-order valence-corrected chi connectivity index (χ1v) is 6.47. The van der Waals surface area contributed by atoms with E-state index in [-0.39, 0.29) is 11.8 Å². The SMILES string of the molecule is CN1CCC(CNC(=O)C2=NNC(=O)CC2)CC1. The Hall–Kier alpha value is -1.43. The van der Waals surface area contributed by atoms with E-state index in [4.69, 9.17) is 0 Å². The van der Waals surface area contributed by atoms with Crippen LogP contribution < -0.4 is 10.7 Å². The van der Waals surface area contributed by atoms with E-state index in [1.54, 1.807) is 0 Å². The minimum atomic E-state index is -0.145. The Labute approximate surface area is 107 Å². The monoisotopic (exact) mass is 252 g/mol. The highest BCUT2D eigenvalue weighted by molar-refractivity contribution is 6.39. The van der Waals surface area contributed by atoms with Crippen LogP contribution >= 0.6 is 0 Å². The number of hydrazone groups is 1. The molecular weight excluding hydrogens is 232 g/mol. The summed E-state index contributed by atoms with van der Waals surface area (Å²) in [6, 6.07) is 0. The smallest absolute Gasteiger partial charge is 0.267 e. The number of nitrogens with one attached hydrogen (secondary N) is 2. The first kappa shape index (κ1) is 13.0. The number of carbonyl (C=O) groups excluding carboxylic acids is 2. The molecule has 1 saturated heterocycles. The van der Waals surface area contributed by atoms with E-state index in [0.29, 0.717) is 31.0 Å². The molecule has 0 spiro atoms. The molecule has 2 rings (SSSR count). The average Bonchev–Trinajstić information content (AvgIpc) is 2.38. The summed E-state index contributed by atoms with van der Waals surface area (Å²) in [5.74, 6) is 0.291. The largest absolute Gasteiger partial charge is 0.351 e. The summed E-state index contributed by atoms with van der Waals surface area (Å²) < 4.78 is 0. The van der Waals surface area contributed by atoms with E-state index in [9.17, 15) is 9.59 Å². The maximum Gasteiger partial charge on any atom is 0.267 e. The molecule has 2 amide bonds. The van der Waals surface area contributed by atoms with Gasteiger partial charge in [0.15, 0.2) is 0 Å². The molecule has 0 bridgehead atoms. The van der Waals surface area contributed by atoms with Crippen molar-refractivity contribution in [1.82, 2.24) is 15.6 Å². The highest BCUT2D eigenvalue weighted by atomic mass is 16.2. The van der Waals surface area contributed by atoms with Crippen LogP contribution in [0.4, 0.5) is 0 Å². The number of hydrogen-bond donors (Lipinski definition) is 2. The lowest BCUT2D eigenvalue weighted by atomic mass is 9.97. The summed E-state index contributed by atoms with van der Waals surface area (Å²) in [6.45, 7) is 2.90. The van der Waals surface area contributed by atoms with Crippen molar-refractivity contribution in [2.24, 2.45) is 11.0 Å². The molecule has 0 atom stereocenters. The Bertz CT molecular complexity index is 359. The summed E-state index contributed by atoms with van der Waals surface area (Å²) >= 11 is 0. The minimum Gasteiger partial charge on any atom is -0.351 e. The molecule has 0 aromatic carbocycles. The van der Waals surface area contributed by atoms with Gasteiger partial charge in [0.25, 0.3) is 5.91 Å². The Morgan fingerprint density at radius 1 is 1.44 bits per heavy atom. The molecule has 0 radical (unpaired) electrons. The molecule has 0 unspecified atom stereocenters. The number of likely N-dealkylation sites (tertiary alicyclic amines) is 1. The molecular formula is C12H20N4O2. The molecule has 6 heteroatoms. The number of amides is 2. The summed E-state index contributed by atoms with van der Waals surface area (Å²) in [6.07, 6.45) is 3.03. The van der Waals surface area contributed by atoms with E-state index in [1.165, 1.54) is 0 Å². The van der Waals surface area contributed by atoms with E-state index < -0.39 is 0 Å². The van der Waals surface area contributed by atoms with Crippen LogP contribution in [0.5, 0.6) is 0 Å². The van der Waals surface area contributed by atoms with Gasteiger partial charge in [0.05, 0.1) is 0 Å². The third kappa shape index (κ3) is 3.53. The molecule has 0 saturated carbocycles. The third-order valence-electron chi connectivity index (χ3n) is 3.56. The first-order valence-electron chi connectivity index (χ1n) is 6.47. The van der Waals surface area contributed by atoms with Gasteiger partial charge in [-0.25, -0.2) is 5.43 Å². The van der Waals surface area contributed by atoms with Crippen LogP contribution in [0.25, 0.3) is 0 Å². The number of hydrogen-bond acceptors (Lipinski definition) is 4. The van der Waals surface area contributed by atoms with Gasteiger partial charge >= 0.3 is 0 Å². The van der Waals surface area contributed by atoms with Crippen LogP contribution in [-0.4, -0.2) is 49.1 Å². The molecule has 2 N–H and O–H groups in total. The summed E-state index contributed by atoms with van der Waals surface area (Å²) in [7, 11) is 2.12. The maximum absolute atomic E-state index is 11.8. The normalized spacial score (nSPS) is 22.3. The Kier molecular flexibility index (Phi) is 4.30. The Morgan fingerprint density at radius 3 is 2.78 bits per heavy atom. The van der Waals surface area contributed by atoms with Crippen LogP contribution in [-0.2, 0) is 9.59 Å². The molecule has 2 aliphatic heterocycles. The number of rotatable bonds is 3. The van der Waals surface area contributed by atoms with Crippen LogP contribution in [0, 0.1) is 5.92 Å². The Morgan fingerprint density at radius 2 is 2.17 bits per heavy atom. The lowest BCUT2D eigenvalue weighted by molar-refractivity contribution is -0.121. The van der Waals surface area contributed by atoms with Gasteiger partial charge in [-0.3, -0.25) is 9.59 Å². The van der Waals surface area contributed by atoms with Gasteiger partial charge in [-0.05, 0) is 38.9 Å². The molecule has 18 heavy (non-hydrogen) atoms. The van der Waals surface area contributed by atoms with E-state index >= 15 is 0 Å². The zero-order chi connectivity index (χ0) is 13.0. The van der Waals surface area contributed by atoms with Crippen molar-refractivity contribution in [3.63, 3.8) is 0 Å². The fourth-order valence-corrected chi connectivity index (χ4v) is 2.24. The van der Waals surface area contributed by atoms with Crippen molar-refractivity contribution in [3.05, 3.63) is 0 Å². The number of piperidine rings is 1. The highest BCUT2D eigenvalue weighted by Gasteiger charge is 2.21. The summed E-state index contributed by atoms with van der Waals surface area (Å²) in [4.78, 5) is 25.0. The van der Waals surface area contributed by atoms with E-state index in [2.05, 4.69) is 27.8 Å². The second kappa shape index (κ2) is 5.95. The van der Waals surface area contributed by atoms with E-state index in [0.717, 1.165) is 25.9 Å². The van der Waals surface area contributed by atoms with Crippen molar-refractivity contribution < 1.29 is 9.59 Å². The van der Waals surface area contributed by atoms with Crippen molar-refractivity contribution in [2.75, 3.05) is 26.7 Å². The second-order valence-electron chi connectivity index (χ2n) is 5.05. The first-order chi connectivity index (χ1) is 8.65. The van der Waals surface area contributed by atoms with Crippen molar-refractivity contribution in [1.29, 1.82) is 0 Å². The topological polar surface area (TPSA) is 73.8 Å². The minimum absolute atomic E-state index is 0.123. The highest BCUT2D eigenvalue weighted by Crippen LogP contribution is 2.14. The molecule has 0 aromatic rings. The lowest BCUT2D eigenvalue weighted by Crippen LogP contribution is -2.41. The van der Waals surface area contributed by atoms with Gasteiger partial charge in [0.1, 0.15) is 5.71 Å². The van der Waals surface area contributed by atoms with Crippen LogP contribution in [0.1, 0.15) is 25.7 Å². The van der Waals surface area contributed by atoms with Gasteiger partial charge in [-0.1, -0.05) is 0 Å². The fraction of sp³-hybridized carbons (Fsp3) is 0.750. The zero-order valence-corrected chi connectivity index (χ0v) is 10.7. The van der Waals surface area contributed by atoms with Gasteiger partial charge in [0.2, 0.25) is 5.91 Å². The van der Waals surface area contributed by atoms with Crippen LogP contribution in [0.3, 0.4) is 0 Å². The maximum atomic E-state index is 11.8. The second-order valence-corrected chi connectivity index (χ2v) is 5.05. The van der Waals surface area contributed by atoms with Crippen molar-refractivity contribution in [3.8, 4) is 0 Å². The predicted octanol–water partition coefficient (Wildman–Crippen LogP) is -0.290. The fourth-order valence-electron chi connectivity index (χ4n) is 2.24. The lowest BCUT2D eigenvalue weighted by Gasteiger charge is -2.29. The predicted molar refractivity (Wildman–Crippen MR) is 68.0 cm³/mol. The van der Waals surface area contributed by atoms with E-state index in [1.807, 2.05) is 0 Å². The molecule has 1 fully saturated rings. The molecule has 0 aromatic heterocycles. The zero-order valence-electron chi connectivity index (χ0n) is 10.7. The van der Waals surface area contributed by atoms with Gasteiger partial charge in [-0.15, -0.1) is 0 Å². The van der Waals surface area contributed by atoms with Gasteiger partial charge < -0.3 is 10.2 Å². The van der Waals surface area contributed by atoms with Gasteiger partial charge in [-0.2, -0.15) is 5.10 Å². The number of carbonyl (C=O) groups is 2. The number of nitrogens with zero attached hydrogens (tertiary/aromatic N) is 2. The quantitative estimate of drug-likeness (QED) is 0.725. The Balaban J connectivity index is 1.73. The molecule has 0 aliphatic carbocycles. The van der Waals surface area contributed by atoms with Crippen molar-refractivity contribution in [2.45, 2.75) is 25.7 Å². The van der Waals surface area contributed by atoms with Crippen LogP contribution in [0.2, 0.25) is 0 Å². The molecule has 6 nitrogen and oxygen atoms in total. The average molecular weight is 252 g/mol. The van der Waals surface area contributed by atoms with Crippen molar-refractivity contribution >= 4 is 17.5 Å². The standard InChI is InChI=1S/C12H20N4O2/c1-16-6-4-9(5-7-16)8-13-12(18)10-2-3-11(17)15-14-10/h9H,2-8H2,1H3,(H,13,18)(H,15,17).